The number of ether oxygens (including phenoxy) is 2. The van der Waals surface area contributed by atoms with E-state index in [0.717, 1.165) is 43.1 Å². The molecule has 0 radical (unpaired) electrons. The number of halogens is 3. The van der Waals surface area contributed by atoms with Crippen molar-refractivity contribution >= 4 is 0 Å². The molecule has 1 saturated heterocycles. The van der Waals surface area contributed by atoms with Crippen LogP contribution in [-0.2, 0) is 6.42 Å². The Morgan fingerprint density at radius 2 is 1.93 bits per heavy atom. The summed E-state index contributed by atoms with van der Waals surface area (Å²) in [5.41, 5.74) is 2.24. The van der Waals surface area contributed by atoms with Crippen LogP contribution in [0.4, 0.5) is 13.2 Å². The van der Waals surface area contributed by atoms with E-state index in [1.807, 2.05) is 6.07 Å². The van der Waals surface area contributed by atoms with Crippen LogP contribution < -0.4 is 9.47 Å². The van der Waals surface area contributed by atoms with Crippen LogP contribution in [0, 0.1) is 5.92 Å². The second-order valence-electron chi connectivity index (χ2n) is 8.49. The monoisotopic (exact) mass is 398 g/mol. The molecule has 0 aromatic heterocycles. The summed E-state index contributed by atoms with van der Waals surface area (Å²) in [6.45, 7) is 1.64. The van der Waals surface area contributed by atoms with Gasteiger partial charge in [0.15, 0.2) is 18.1 Å². The number of hydrogen-bond donors (Lipinski definition) is 0. The molecule has 0 bridgehead atoms. The third-order valence-electron chi connectivity index (χ3n) is 6.64. The second kappa shape index (κ2) is 7.75. The molecule has 156 valence electrons. The van der Waals surface area contributed by atoms with E-state index in [1.165, 1.54) is 32.8 Å². The molecule has 1 aromatic carbocycles. The molecule has 1 aromatic rings. The molecule has 0 amide bonds. The van der Waals surface area contributed by atoms with Gasteiger partial charge in [-0.25, -0.2) is 0 Å². The van der Waals surface area contributed by atoms with Crippen molar-refractivity contribution in [3.8, 4) is 11.5 Å². The van der Waals surface area contributed by atoms with Crippen LogP contribution in [0.15, 0.2) is 12.1 Å². The zero-order chi connectivity index (χ0) is 19.9. The van der Waals surface area contributed by atoms with Crippen molar-refractivity contribution in [1.29, 1.82) is 0 Å². The summed E-state index contributed by atoms with van der Waals surface area (Å²) in [6, 6.07) is 4.49. The lowest BCUT2D eigenvalue weighted by Gasteiger charge is -2.49. The van der Waals surface area contributed by atoms with Gasteiger partial charge in [0.1, 0.15) is 0 Å². The van der Waals surface area contributed by atoms with Crippen molar-refractivity contribution in [3.05, 3.63) is 23.3 Å². The number of fused-ring (bicyclic) bond motifs is 3. The molecule has 2 atom stereocenters. The first-order valence-corrected chi connectivity index (χ1v) is 10.2. The van der Waals surface area contributed by atoms with Gasteiger partial charge in [0, 0.05) is 31.7 Å². The molecule has 4 nitrogen and oxygen atoms in total. The number of alkyl halides is 3. The smallest absolute Gasteiger partial charge is 0.422 e. The number of hydrogen-bond acceptors (Lipinski definition) is 4. The molecule has 1 aliphatic carbocycles. The van der Waals surface area contributed by atoms with Crippen molar-refractivity contribution in [2.75, 3.05) is 40.4 Å². The Morgan fingerprint density at radius 3 is 2.57 bits per heavy atom. The van der Waals surface area contributed by atoms with Crippen molar-refractivity contribution in [2.24, 2.45) is 5.92 Å². The Morgan fingerprint density at radius 1 is 1.14 bits per heavy atom. The van der Waals surface area contributed by atoms with E-state index in [9.17, 15) is 13.2 Å². The van der Waals surface area contributed by atoms with Crippen molar-refractivity contribution in [2.45, 2.75) is 50.4 Å². The normalized spacial score (nSPS) is 26.3. The summed E-state index contributed by atoms with van der Waals surface area (Å²) >= 11 is 0. The highest BCUT2D eigenvalue weighted by molar-refractivity contribution is 5.49. The Bertz CT molecular complexity index is 706. The molecule has 0 spiro atoms. The van der Waals surface area contributed by atoms with Crippen molar-refractivity contribution in [3.63, 3.8) is 0 Å². The Kier molecular flexibility index (Phi) is 5.49. The van der Waals surface area contributed by atoms with E-state index in [0.29, 0.717) is 11.8 Å². The first kappa shape index (κ1) is 19.8. The molecule has 7 heteroatoms. The summed E-state index contributed by atoms with van der Waals surface area (Å²) < 4.78 is 48.1. The number of piperazine rings is 1. The highest BCUT2D eigenvalue weighted by Crippen LogP contribution is 2.41. The van der Waals surface area contributed by atoms with E-state index < -0.39 is 12.8 Å². The van der Waals surface area contributed by atoms with Gasteiger partial charge in [0.05, 0.1) is 7.11 Å². The van der Waals surface area contributed by atoms with Gasteiger partial charge in [-0.2, -0.15) is 13.2 Å². The third-order valence-corrected chi connectivity index (χ3v) is 6.64. The third kappa shape index (κ3) is 4.10. The van der Waals surface area contributed by atoms with Gasteiger partial charge >= 0.3 is 6.18 Å². The largest absolute Gasteiger partial charge is 0.493 e. The van der Waals surface area contributed by atoms with Crippen molar-refractivity contribution in [1.82, 2.24) is 9.80 Å². The number of likely N-dealkylation sites (N-methyl/N-ethyl adjacent to an activating group) is 1. The SMILES string of the molecule is COc1cc2c(cc1OCC(F)(F)F)CCN1C[C@@H](CC3CCC3)N(C)C[C@H]21. The van der Waals surface area contributed by atoms with Crippen LogP contribution in [0.25, 0.3) is 0 Å². The average Bonchev–Trinajstić information content (AvgIpc) is 2.61. The molecule has 2 fully saturated rings. The highest BCUT2D eigenvalue weighted by atomic mass is 19.4. The highest BCUT2D eigenvalue weighted by Gasteiger charge is 2.38. The lowest BCUT2D eigenvalue weighted by Crippen LogP contribution is -2.55. The predicted molar refractivity (Wildman–Crippen MR) is 101 cm³/mol. The van der Waals surface area contributed by atoms with Gasteiger partial charge in [-0.1, -0.05) is 19.3 Å². The summed E-state index contributed by atoms with van der Waals surface area (Å²) in [7, 11) is 3.68. The summed E-state index contributed by atoms with van der Waals surface area (Å²) in [4.78, 5) is 5.01. The molecule has 2 heterocycles. The molecule has 1 saturated carbocycles. The molecular weight excluding hydrogens is 369 g/mol. The molecule has 3 aliphatic rings. The fraction of sp³-hybridized carbons (Fsp3) is 0.714. The summed E-state index contributed by atoms with van der Waals surface area (Å²) in [5.74, 6) is 1.44. The van der Waals surface area contributed by atoms with E-state index in [2.05, 4.69) is 16.8 Å². The standard InChI is InChI=1S/C21H29F3N2O2/c1-25-12-18-17-10-19(27-2)20(28-13-21(22,23)24)9-15(17)6-7-26(18)11-16(25)8-14-4-3-5-14/h9-10,14,16,18H,3-8,11-13H2,1-2H3/t16-,18-/m1/s1. The average molecular weight is 398 g/mol. The lowest BCUT2D eigenvalue weighted by molar-refractivity contribution is -0.153. The van der Waals surface area contributed by atoms with Crippen LogP contribution >= 0.6 is 0 Å². The molecular formula is C21H29F3N2O2. The van der Waals surface area contributed by atoms with E-state index in [1.54, 1.807) is 6.07 Å². The Hall–Kier alpha value is -1.47. The van der Waals surface area contributed by atoms with E-state index in [-0.39, 0.29) is 11.8 Å². The zero-order valence-corrected chi connectivity index (χ0v) is 16.6. The Balaban J connectivity index is 1.52. The molecule has 0 N–H and O–H groups in total. The second-order valence-corrected chi connectivity index (χ2v) is 8.49. The minimum atomic E-state index is -4.36. The maximum Gasteiger partial charge on any atom is 0.422 e. The van der Waals surface area contributed by atoms with Gasteiger partial charge in [-0.15, -0.1) is 0 Å². The predicted octanol–water partition coefficient (Wildman–Crippen LogP) is 4.04. The Labute approximate surface area is 164 Å². The number of benzene rings is 1. The maximum atomic E-state index is 12.6. The van der Waals surface area contributed by atoms with Crippen LogP contribution in [0.3, 0.4) is 0 Å². The summed E-state index contributed by atoms with van der Waals surface area (Å²) in [6.07, 6.45) is 1.86. The fourth-order valence-electron chi connectivity index (χ4n) is 4.82. The maximum absolute atomic E-state index is 12.6. The van der Waals surface area contributed by atoms with E-state index in [4.69, 9.17) is 9.47 Å². The number of rotatable bonds is 5. The van der Waals surface area contributed by atoms with Gasteiger partial charge < -0.3 is 14.4 Å². The minimum absolute atomic E-state index is 0.180. The zero-order valence-electron chi connectivity index (χ0n) is 16.6. The number of methoxy groups -OCH3 is 1. The van der Waals surface area contributed by atoms with Crippen LogP contribution in [0.1, 0.15) is 42.9 Å². The quantitative estimate of drug-likeness (QED) is 0.748. The van der Waals surface area contributed by atoms with Gasteiger partial charge in [0.2, 0.25) is 0 Å². The van der Waals surface area contributed by atoms with Gasteiger partial charge in [-0.3, -0.25) is 4.90 Å². The van der Waals surface area contributed by atoms with Crippen LogP contribution in [-0.4, -0.2) is 62.4 Å². The summed E-state index contributed by atoms with van der Waals surface area (Å²) in [5, 5.41) is 0. The molecule has 28 heavy (non-hydrogen) atoms. The lowest BCUT2D eigenvalue weighted by atomic mass is 9.79. The van der Waals surface area contributed by atoms with Crippen molar-refractivity contribution < 1.29 is 22.6 Å². The molecule has 4 rings (SSSR count). The first-order valence-electron chi connectivity index (χ1n) is 10.2. The van der Waals surface area contributed by atoms with Gasteiger partial charge in [0.25, 0.3) is 0 Å². The minimum Gasteiger partial charge on any atom is -0.493 e. The van der Waals surface area contributed by atoms with Crippen LogP contribution in [0.2, 0.25) is 0 Å². The first-order chi connectivity index (χ1) is 13.3. The van der Waals surface area contributed by atoms with Gasteiger partial charge in [-0.05, 0) is 49.1 Å². The fourth-order valence-corrected chi connectivity index (χ4v) is 4.82. The van der Waals surface area contributed by atoms with E-state index >= 15 is 0 Å². The number of nitrogens with zero attached hydrogens (tertiary/aromatic N) is 2. The van der Waals surface area contributed by atoms with Crippen LogP contribution in [0.5, 0.6) is 11.5 Å². The topological polar surface area (TPSA) is 24.9 Å². The molecule has 0 unspecified atom stereocenters. The molecule has 2 aliphatic heterocycles.